The van der Waals surface area contributed by atoms with Gasteiger partial charge in [0.1, 0.15) is 0 Å². The van der Waals surface area contributed by atoms with E-state index in [0.717, 1.165) is 6.42 Å². The van der Waals surface area contributed by atoms with Gasteiger partial charge in [0.25, 0.3) is 0 Å². The molecular weight excluding hydrogens is 270 g/mol. The van der Waals surface area contributed by atoms with Gasteiger partial charge in [-0.2, -0.15) is 0 Å². The molecule has 2 aromatic carbocycles. The van der Waals surface area contributed by atoms with Gasteiger partial charge in [-0.25, -0.2) is 13.1 Å². The summed E-state index contributed by atoms with van der Waals surface area (Å²) in [7, 11) is -3.41. The Labute approximate surface area is 120 Å². The van der Waals surface area contributed by atoms with E-state index in [2.05, 4.69) is 4.72 Å². The fourth-order valence-electron chi connectivity index (χ4n) is 1.76. The Kier molecular flexibility index (Phi) is 5.09. The minimum absolute atomic E-state index is 0.288. The van der Waals surface area contributed by atoms with Gasteiger partial charge in [0, 0.05) is 6.54 Å². The van der Waals surface area contributed by atoms with Gasteiger partial charge in [-0.05, 0) is 24.1 Å². The molecular formula is C16H17NO2S. The van der Waals surface area contributed by atoms with Crippen molar-refractivity contribution in [2.24, 2.45) is 0 Å². The van der Waals surface area contributed by atoms with Gasteiger partial charge < -0.3 is 0 Å². The number of allylic oxidation sites excluding steroid dienone is 1. The summed E-state index contributed by atoms with van der Waals surface area (Å²) in [6, 6.07) is 18.4. The lowest BCUT2D eigenvalue weighted by molar-refractivity contribution is 0.585. The monoisotopic (exact) mass is 287 g/mol. The van der Waals surface area contributed by atoms with Crippen LogP contribution in [0.15, 0.2) is 77.7 Å². The predicted molar refractivity (Wildman–Crippen MR) is 80.9 cm³/mol. The number of sulfonamides is 1. The van der Waals surface area contributed by atoms with Crippen LogP contribution in [0.1, 0.15) is 5.56 Å². The second kappa shape index (κ2) is 7.03. The molecule has 20 heavy (non-hydrogen) atoms. The molecule has 104 valence electrons. The molecule has 0 amide bonds. The molecule has 0 heterocycles. The van der Waals surface area contributed by atoms with Crippen molar-refractivity contribution in [2.75, 3.05) is 6.54 Å². The van der Waals surface area contributed by atoms with Gasteiger partial charge >= 0.3 is 0 Å². The standard InChI is InChI=1S/C16H17NO2S/c18-20(19,16-12-5-2-6-13-16)17-14-8-7-11-15-9-3-1-4-10-15/h1-10,12-13,17H,11,14H2/b8-7-. The highest BCUT2D eigenvalue weighted by atomic mass is 32.2. The molecule has 0 aliphatic rings. The molecule has 0 saturated carbocycles. The molecule has 0 spiro atoms. The normalized spacial score (nSPS) is 11.8. The Bertz CT molecular complexity index is 649. The first-order chi connectivity index (χ1) is 9.68. The lowest BCUT2D eigenvalue weighted by Crippen LogP contribution is -2.23. The molecule has 0 radical (unpaired) electrons. The molecule has 1 N–H and O–H groups in total. The zero-order chi connectivity index (χ0) is 14.3. The van der Waals surface area contributed by atoms with Crippen molar-refractivity contribution in [3.63, 3.8) is 0 Å². The molecule has 0 atom stereocenters. The lowest BCUT2D eigenvalue weighted by atomic mass is 10.1. The highest BCUT2D eigenvalue weighted by Crippen LogP contribution is 2.06. The van der Waals surface area contributed by atoms with Gasteiger partial charge in [-0.1, -0.05) is 60.7 Å². The molecule has 2 rings (SSSR count). The second-order valence-corrected chi connectivity index (χ2v) is 6.09. The fourth-order valence-corrected chi connectivity index (χ4v) is 2.76. The molecule has 0 saturated heterocycles. The summed E-state index contributed by atoms with van der Waals surface area (Å²) in [4.78, 5) is 0.288. The Morgan fingerprint density at radius 3 is 2.10 bits per heavy atom. The quantitative estimate of drug-likeness (QED) is 0.830. The van der Waals surface area contributed by atoms with Crippen LogP contribution >= 0.6 is 0 Å². The van der Waals surface area contributed by atoms with Gasteiger partial charge in [0.05, 0.1) is 4.90 Å². The summed E-state index contributed by atoms with van der Waals surface area (Å²) < 4.78 is 26.4. The number of nitrogens with one attached hydrogen (secondary N) is 1. The van der Waals surface area contributed by atoms with Crippen LogP contribution in [0.3, 0.4) is 0 Å². The van der Waals surface area contributed by atoms with Crippen LogP contribution in [0.2, 0.25) is 0 Å². The topological polar surface area (TPSA) is 46.2 Å². The molecule has 0 fully saturated rings. The van der Waals surface area contributed by atoms with E-state index in [-0.39, 0.29) is 4.90 Å². The first kappa shape index (κ1) is 14.5. The molecule has 0 unspecified atom stereocenters. The van der Waals surface area contributed by atoms with Gasteiger partial charge in [0.2, 0.25) is 10.0 Å². The summed E-state index contributed by atoms with van der Waals surface area (Å²) in [5.41, 5.74) is 1.20. The highest BCUT2D eigenvalue weighted by molar-refractivity contribution is 7.89. The molecule has 4 heteroatoms. The van der Waals surface area contributed by atoms with Crippen LogP contribution in [0, 0.1) is 0 Å². The highest BCUT2D eigenvalue weighted by Gasteiger charge is 2.10. The summed E-state index contributed by atoms with van der Waals surface area (Å²) in [5.74, 6) is 0. The van der Waals surface area contributed by atoms with E-state index in [9.17, 15) is 8.42 Å². The predicted octanol–water partition coefficient (Wildman–Crippen LogP) is 2.76. The minimum Gasteiger partial charge on any atom is -0.207 e. The third kappa shape index (κ3) is 4.33. The van der Waals surface area contributed by atoms with E-state index >= 15 is 0 Å². The first-order valence-corrected chi connectivity index (χ1v) is 7.90. The summed E-state index contributed by atoms with van der Waals surface area (Å²) in [5, 5.41) is 0. The van der Waals surface area contributed by atoms with Gasteiger partial charge in [-0.15, -0.1) is 0 Å². The van der Waals surface area contributed by atoms with Crippen LogP contribution in [0.4, 0.5) is 0 Å². The Hall–Kier alpha value is -1.91. The van der Waals surface area contributed by atoms with Crippen molar-refractivity contribution in [3.8, 4) is 0 Å². The van der Waals surface area contributed by atoms with Crippen LogP contribution in [0.5, 0.6) is 0 Å². The molecule has 0 aromatic heterocycles. The van der Waals surface area contributed by atoms with Crippen molar-refractivity contribution in [1.82, 2.24) is 4.72 Å². The van der Waals surface area contributed by atoms with Crippen LogP contribution in [0.25, 0.3) is 0 Å². The van der Waals surface area contributed by atoms with Crippen LogP contribution in [-0.4, -0.2) is 15.0 Å². The maximum absolute atomic E-state index is 11.9. The van der Waals surface area contributed by atoms with E-state index in [4.69, 9.17) is 0 Å². The largest absolute Gasteiger partial charge is 0.240 e. The van der Waals surface area contributed by atoms with Crippen molar-refractivity contribution >= 4 is 10.0 Å². The Morgan fingerprint density at radius 2 is 1.45 bits per heavy atom. The van der Waals surface area contributed by atoms with Crippen molar-refractivity contribution < 1.29 is 8.42 Å². The van der Waals surface area contributed by atoms with E-state index in [0.29, 0.717) is 6.54 Å². The fraction of sp³-hybridized carbons (Fsp3) is 0.125. The van der Waals surface area contributed by atoms with Crippen molar-refractivity contribution in [1.29, 1.82) is 0 Å². The van der Waals surface area contributed by atoms with E-state index in [1.807, 2.05) is 42.5 Å². The first-order valence-electron chi connectivity index (χ1n) is 6.42. The zero-order valence-electron chi connectivity index (χ0n) is 11.1. The number of rotatable bonds is 6. The van der Waals surface area contributed by atoms with Crippen molar-refractivity contribution in [3.05, 3.63) is 78.4 Å². The molecule has 0 aliphatic heterocycles. The minimum atomic E-state index is -3.41. The average molecular weight is 287 g/mol. The Morgan fingerprint density at radius 1 is 0.850 bits per heavy atom. The third-order valence-corrected chi connectivity index (χ3v) is 4.25. The maximum Gasteiger partial charge on any atom is 0.240 e. The average Bonchev–Trinajstić information content (AvgIpc) is 2.49. The number of hydrogen-bond acceptors (Lipinski definition) is 2. The van der Waals surface area contributed by atoms with Gasteiger partial charge in [-0.3, -0.25) is 0 Å². The van der Waals surface area contributed by atoms with E-state index in [1.54, 1.807) is 30.3 Å². The number of hydrogen-bond donors (Lipinski definition) is 1. The third-order valence-electron chi connectivity index (χ3n) is 2.81. The second-order valence-electron chi connectivity index (χ2n) is 4.33. The summed E-state index contributed by atoms with van der Waals surface area (Å²) >= 11 is 0. The maximum atomic E-state index is 11.9. The molecule has 3 nitrogen and oxygen atoms in total. The summed E-state index contributed by atoms with van der Waals surface area (Å²) in [6.45, 7) is 0.296. The van der Waals surface area contributed by atoms with Crippen LogP contribution in [-0.2, 0) is 16.4 Å². The van der Waals surface area contributed by atoms with Crippen LogP contribution < -0.4 is 4.72 Å². The smallest absolute Gasteiger partial charge is 0.207 e. The molecule has 0 aliphatic carbocycles. The SMILES string of the molecule is O=S(=O)(NC/C=C\Cc1ccccc1)c1ccccc1. The Balaban J connectivity index is 1.84. The van der Waals surface area contributed by atoms with Gasteiger partial charge in [0.15, 0.2) is 0 Å². The summed E-state index contributed by atoms with van der Waals surface area (Å²) in [6.07, 6.45) is 4.59. The van der Waals surface area contributed by atoms with E-state index in [1.165, 1.54) is 5.56 Å². The molecule has 0 bridgehead atoms. The number of benzene rings is 2. The van der Waals surface area contributed by atoms with Crippen molar-refractivity contribution in [2.45, 2.75) is 11.3 Å². The molecule has 2 aromatic rings. The van der Waals surface area contributed by atoms with E-state index < -0.39 is 10.0 Å². The zero-order valence-corrected chi connectivity index (χ0v) is 11.9. The lowest BCUT2D eigenvalue weighted by Gasteiger charge is -2.03.